The molecule has 3 heterocycles. The van der Waals surface area contributed by atoms with Gasteiger partial charge in [-0.15, -0.1) is 10.2 Å². The molecule has 3 aromatic heterocycles. The Balaban J connectivity index is 2.05. The van der Waals surface area contributed by atoms with Gasteiger partial charge in [-0.25, -0.2) is 4.98 Å². The topological polar surface area (TPSA) is 72.9 Å². The number of fused-ring (bicyclic) bond motifs is 1. The highest BCUT2D eigenvalue weighted by Gasteiger charge is 2.08. The minimum absolute atomic E-state index is 0.668. The molecule has 0 spiro atoms. The molecule has 0 radical (unpaired) electrons. The number of anilines is 2. The highest BCUT2D eigenvalue weighted by atomic mass is 15.3. The Morgan fingerprint density at radius 1 is 1.35 bits per heavy atom. The van der Waals surface area contributed by atoms with E-state index in [9.17, 15) is 0 Å². The van der Waals surface area contributed by atoms with E-state index >= 15 is 0 Å². The van der Waals surface area contributed by atoms with Gasteiger partial charge >= 0.3 is 0 Å². The molecule has 86 valence electrons. The third kappa shape index (κ3) is 1.61. The van der Waals surface area contributed by atoms with Crippen molar-refractivity contribution < 1.29 is 0 Å². The molecule has 0 unspecified atom stereocenters. The van der Waals surface area contributed by atoms with Gasteiger partial charge in [0.1, 0.15) is 6.33 Å². The Hall–Kier alpha value is -2.44. The molecule has 7 nitrogen and oxygen atoms in total. The molecule has 3 rings (SSSR count). The van der Waals surface area contributed by atoms with Crippen molar-refractivity contribution in [2.24, 2.45) is 7.05 Å². The molecule has 0 amide bonds. The van der Waals surface area contributed by atoms with Crippen molar-refractivity contribution >= 4 is 17.2 Å². The summed E-state index contributed by atoms with van der Waals surface area (Å²) in [6.07, 6.45) is 7.04. The SMILES string of the molecule is Cc1nn(C)cc1Nc1nccn2cnnc12. The zero-order valence-electron chi connectivity index (χ0n) is 9.49. The van der Waals surface area contributed by atoms with Crippen LogP contribution in [0.5, 0.6) is 0 Å². The maximum atomic E-state index is 4.26. The van der Waals surface area contributed by atoms with E-state index in [-0.39, 0.29) is 0 Å². The molecule has 1 N–H and O–H groups in total. The van der Waals surface area contributed by atoms with Crippen molar-refractivity contribution in [2.45, 2.75) is 6.92 Å². The monoisotopic (exact) mass is 229 g/mol. The highest BCUT2D eigenvalue weighted by Crippen LogP contribution is 2.19. The van der Waals surface area contributed by atoms with Crippen molar-refractivity contribution in [2.75, 3.05) is 5.32 Å². The van der Waals surface area contributed by atoms with Crippen LogP contribution in [0.25, 0.3) is 5.65 Å². The number of nitrogens with one attached hydrogen (secondary N) is 1. The molecular weight excluding hydrogens is 218 g/mol. The smallest absolute Gasteiger partial charge is 0.203 e. The highest BCUT2D eigenvalue weighted by molar-refractivity contribution is 5.69. The zero-order chi connectivity index (χ0) is 11.8. The van der Waals surface area contributed by atoms with Crippen LogP contribution in [0, 0.1) is 6.92 Å². The van der Waals surface area contributed by atoms with E-state index in [0.29, 0.717) is 11.5 Å². The second-order valence-corrected chi connectivity index (χ2v) is 3.76. The van der Waals surface area contributed by atoms with Crippen LogP contribution < -0.4 is 5.32 Å². The quantitative estimate of drug-likeness (QED) is 0.707. The Bertz CT molecular complexity index is 666. The van der Waals surface area contributed by atoms with Gasteiger partial charge in [0.25, 0.3) is 0 Å². The molecule has 0 bridgehead atoms. The molecule has 0 atom stereocenters. The van der Waals surface area contributed by atoms with Crippen LogP contribution in [0.15, 0.2) is 24.9 Å². The molecule has 0 aromatic carbocycles. The van der Waals surface area contributed by atoms with Crippen molar-refractivity contribution in [3.8, 4) is 0 Å². The number of nitrogens with zero attached hydrogens (tertiary/aromatic N) is 6. The Morgan fingerprint density at radius 3 is 3.00 bits per heavy atom. The maximum absolute atomic E-state index is 4.26. The molecule has 3 aromatic rings. The summed E-state index contributed by atoms with van der Waals surface area (Å²) in [5.74, 6) is 0.668. The van der Waals surface area contributed by atoms with Crippen LogP contribution in [-0.2, 0) is 7.05 Å². The van der Waals surface area contributed by atoms with Gasteiger partial charge in [0.2, 0.25) is 5.65 Å². The minimum atomic E-state index is 0.668. The first-order valence-electron chi connectivity index (χ1n) is 5.15. The number of rotatable bonds is 2. The van der Waals surface area contributed by atoms with Crippen LogP contribution in [0.4, 0.5) is 11.5 Å². The first-order valence-corrected chi connectivity index (χ1v) is 5.15. The average Bonchev–Trinajstić information content (AvgIpc) is 2.87. The van der Waals surface area contributed by atoms with E-state index in [0.717, 1.165) is 11.4 Å². The first-order chi connectivity index (χ1) is 8.24. The molecule has 0 aliphatic heterocycles. The summed E-state index contributed by atoms with van der Waals surface area (Å²) in [6.45, 7) is 1.94. The molecule has 0 fully saturated rings. The van der Waals surface area contributed by atoms with Crippen LogP contribution in [0.3, 0.4) is 0 Å². The summed E-state index contributed by atoms with van der Waals surface area (Å²) >= 11 is 0. The Kier molecular flexibility index (Phi) is 2.04. The lowest BCUT2D eigenvalue weighted by molar-refractivity contribution is 0.756. The second-order valence-electron chi connectivity index (χ2n) is 3.76. The molecule has 7 heteroatoms. The van der Waals surface area contributed by atoms with Crippen molar-refractivity contribution in [3.05, 3.63) is 30.6 Å². The third-order valence-electron chi connectivity index (χ3n) is 2.48. The van der Waals surface area contributed by atoms with E-state index in [4.69, 9.17) is 0 Å². The predicted molar refractivity (Wildman–Crippen MR) is 62.0 cm³/mol. The fourth-order valence-electron chi connectivity index (χ4n) is 1.70. The fourth-order valence-corrected chi connectivity index (χ4v) is 1.70. The lowest BCUT2D eigenvalue weighted by Gasteiger charge is -2.03. The Morgan fingerprint density at radius 2 is 2.24 bits per heavy atom. The van der Waals surface area contributed by atoms with Gasteiger partial charge < -0.3 is 5.32 Å². The summed E-state index contributed by atoms with van der Waals surface area (Å²) in [5.41, 5.74) is 2.52. The zero-order valence-corrected chi connectivity index (χ0v) is 9.49. The van der Waals surface area contributed by atoms with Gasteiger partial charge in [-0.05, 0) is 6.92 Å². The molecule has 17 heavy (non-hydrogen) atoms. The van der Waals surface area contributed by atoms with Gasteiger partial charge in [0, 0.05) is 25.6 Å². The lowest BCUT2D eigenvalue weighted by Crippen LogP contribution is -1.97. The molecule has 0 aliphatic rings. The van der Waals surface area contributed by atoms with Crippen LogP contribution in [-0.4, -0.2) is 29.4 Å². The minimum Gasteiger partial charge on any atom is -0.334 e. The lowest BCUT2D eigenvalue weighted by atomic mass is 10.4. The van der Waals surface area contributed by atoms with E-state index < -0.39 is 0 Å². The van der Waals surface area contributed by atoms with E-state index in [1.807, 2.05) is 20.2 Å². The van der Waals surface area contributed by atoms with Crippen LogP contribution in [0.1, 0.15) is 5.69 Å². The van der Waals surface area contributed by atoms with E-state index in [1.54, 1.807) is 27.8 Å². The summed E-state index contributed by atoms with van der Waals surface area (Å²) in [6, 6.07) is 0. The van der Waals surface area contributed by atoms with Crippen molar-refractivity contribution in [1.29, 1.82) is 0 Å². The molecule has 0 aliphatic carbocycles. The average molecular weight is 229 g/mol. The third-order valence-corrected chi connectivity index (χ3v) is 2.48. The molecule has 0 saturated heterocycles. The normalized spacial score (nSPS) is 10.9. The first kappa shape index (κ1) is 9.76. The summed E-state index contributed by atoms with van der Waals surface area (Å²) in [7, 11) is 1.88. The van der Waals surface area contributed by atoms with Crippen LogP contribution >= 0.6 is 0 Å². The number of aromatic nitrogens is 6. The van der Waals surface area contributed by atoms with Crippen molar-refractivity contribution in [1.82, 2.24) is 29.4 Å². The van der Waals surface area contributed by atoms with Gasteiger partial charge in [-0.1, -0.05) is 0 Å². The predicted octanol–water partition coefficient (Wildman–Crippen LogP) is 0.910. The number of hydrogen-bond acceptors (Lipinski definition) is 5. The Labute approximate surface area is 97.1 Å². The maximum Gasteiger partial charge on any atom is 0.203 e. The van der Waals surface area contributed by atoms with Gasteiger partial charge in [0.15, 0.2) is 5.82 Å². The molecule has 0 saturated carbocycles. The van der Waals surface area contributed by atoms with Gasteiger partial charge in [-0.3, -0.25) is 9.08 Å². The summed E-state index contributed by atoms with van der Waals surface area (Å²) in [5, 5.41) is 15.3. The molecular formula is C10H11N7. The largest absolute Gasteiger partial charge is 0.334 e. The van der Waals surface area contributed by atoms with Crippen LogP contribution in [0.2, 0.25) is 0 Å². The van der Waals surface area contributed by atoms with E-state index in [2.05, 4.69) is 25.6 Å². The second kappa shape index (κ2) is 3.55. The fraction of sp³-hybridized carbons (Fsp3) is 0.200. The van der Waals surface area contributed by atoms with E-state index in [1.165, 1.54) is 0 Å². The number of hydrogen-bond donors (Lipinski definition) is 1. The van der Waals surface area contributed by atoms with Gasteiger partial charge in [-0.2, -0.15) is 5.10 Å². The summed E-state index contributed by atoms with van der Waals surface area (Å²) < 4.78 is 3.56. The standard InChI is InChI=1S/C10H11N7/c1-7-8(5-16(2)15-7)13-9-10-14-12-6-17(10)4-3-11-9/h3-6H,1-2H3,(H,11,13). The summed E-state index contributed by atoms with van der Waals surface area (Å²) in [4.78, 5) is 4.25. The number of aryl methyl sites for hydroxylation is 2. The van der Waals surface area contributed by atoms with Crippen molar-refractivity contribution in [3.63, 3.8) is 0 Å². The van der Waals surface area contributed by atoms with Gasteiger partial charge in [0.05, 0.1) is 11.4 Å².